The number of hydrazone groups is 1. The second-order valence-corrected chi connectivity index (χ2v) is 7.66. The van der Waals surface area contributed by atoms with Crippen LogP contribution in [0.5, 0.6) is 0 Å². The van der Waals surface area contributed by atoms with Crippen LogP contribution in [-0.2, 0) is 11.3 Å². The van der Waals surface area contributed by atoms with Crippen LogP contribution in [0.2, 0.25) is 0 Å². The summed E-state index contributed by atoms with van der Waals surface area (Å²) in [6.45, 7) is 9.46. The normalized spacial score (nSPS) is 15.9. The molecule has 0 aromatic heterocycles. The van der Waals surface area contributed by atoms with Crippen molar-refractivity contribution in [2.75, 3.05) is 26.2 Å². The molecular formula is C18H27N5O2S. The second-order valence-electron chi connectivity index (χ2n) is 7.22. The Balaban J connectivity index is 1.85. The molecule has 0 bridgehead atoms. The Labute approximate surface area is 160 Å². The second kappa shape index (κ2) is 8.95. The molecule has 142 valence electrons. The van der Waals surface area contributed by atoms with Crippen LogP contribution in [-0.4, -0.2) is 59.0 Å². The number of nitrogens with two attached hydrogens (primary N) is 1. The maximum absolute atomic E-state index is 12.1. The topological polar surface area (TPSA) is 83.2 Å². The first-order valence-electron chi connectivity index (χ1n) is 8.61. The van der Waals surface area contributed by atoms with Gasteiger partial charge in [0.2, 0.25) is 0 Å². The zero-order chi connectivity index (χ0) is 19.2. The molecule has 0 radical (unpaired) electrons. The Hall–Kier alpha value is -2.19. The van der Waals surface area contributed by atoms with Crippen molar-refractivity contribution in [1.29, 1.82) is 0 Å². The fraction of sp³-hybridized carbons (Fsp3) is 0.500. The average molecular weight is 378 g/mol. The van der Waals surface area contributed by atoms with Crippen molar-refractivity contribution in [3.63, 3.8) is 0 Å². The zero-order valence-electron chi connectivity index (χ0n) is 15.6. The third kappa shape index (κ3) is 6.97. The summed E-state index contributed by atoms with van der Waals surface area (Å²) in [5.74, 6) is 0. The number of thiocarbonyl (C=S) groups is 1. The molecule has 0 atom stereocenters. The Morgan fingerprint density at radius 3 is 2.65 bits per heavy atom. The Bertz CT molecular complexity index is 664. The van der Waals surface area contributed by atoms with E-state index in [-0.39, 0.29) is 11.2 Å². The molecule has 7 nitrogen and oxygen atoms in total. The maximum atomic E-state index is 12.1. The molecule has 1 amide bonds. The van der Waals surface area contributed by atoms with Gasteiger partial charge in [-0.1, -0.05) is 18.2 Å². The third-order valence-corrected chi connectivity index (χ3v) is 3.86. The fourth-order valence-electron chi connectivity index (χ4n) is 2.62. The van der Waals surface area contributed by atoms with E-state index in [0.717, 1.165) is 25.2 Å². The largest absolute Gasteiger partial charge is 0.444 e. The number of rotatable bonds is 4. The van der Waals surface area contributed by atoms with Crippen molar-refractivity contribution in [3.8, 4) is 0 Å². The molecule has 1 aromatic rings. The molecule has 0 aliphatic carbocycles. The molecule has 0 unspecified atom stereocenters. The van der Waals surface area contributed by atoms with Gasteiger partial charge in [0.05, 0.1) is 6.21 Å². The number of ether oxygens (including phenoxy) is 1. The number of piperazine rings is 1. The van der Waals surface area contributed by atoms with Crippen LogP contribution >= 0.6 is 12.2 Å². The Morgan fingerprint density at radius 2 is 2.04 bits per heavy atom. The molecule has 1 heterocycles. The quantitative estimate of drug-likeness (QED) is 0.474. The van der Waals surface area contributed by atoms with Gasteiger partial charge in [0.1, 0.15) is 5.60 Å². The number of hydrogen-bond acceptors (Lipinski definition) is 5. The molecule has 1 aliphatic rings. The Kier molecular flexibility index (Phi) is 6.93. The van der Waals surface area contributed by atoms with Gasteiger partial charge < -0.3 is 15.4 Å². The van der Waals surface area contributed by atoms with Crippen LogP contribution in [0.4, 0.5) is 4.79 Å². The van der Waals surface area contributed by atoms with Crippen LogP contribution in [0, 0.1) is 0 Å². The van der Waals surface area contributed by atoms with Crippen molar-refractivity contribution in [2.45, 2.75) is 32.9 Å². The number of benzene rings is 1. The van der Waals surface area contributed by atoms with Gasteiger partial charge in [-0.2, -0.15) is 5.10 Å². The van der Waals surface area contributed by atoms with E-state index in [2.05, 4.69) is 27.6 Å². The minimum Gasteiger partial charge on any atom is -0.444 e. The smallest absolute Gasteiger partial charge is 0.410 e. The molecule has 26 heavy (non-hydrogen) atoms. The van der Waals surface area contributed by atoms with Crippen molar-refractivity contribution < 1.29 is 9.53 Å². The van der Waals surface area contributed by atoms with Crippen LogP contribution < -0.4 is 11.2 Å². The van der Waals surface area contributed by atoms with Gasteiger partial charge in [-0.05, 0) is 50.2 Å². The highest BCUT2D eigenvalue weighted by atomic mass is 32.1. The summed E-state index contributed by atoms with van der Waals surface area (Å²) in [4.78, 5) is 16.2. The molecule has 1 aromatic carbocycles. The molecular weight excluding hydrogens is 350 g/mol. The van der Waals surface area contributed by atoms with Gasteiger partial charge in [-0.15, -0.1) is 0 Å². The van der Waals surface area contributed by atoms with Gasteiger partial charge in [-0.25, -0.2) is 4.79 Å². The summed E-state index contributed by atoms with van der Waals surface area (Å²) >= 11 is 4.71. The lowest BCUT2D eigenvalue weighted by Crippen LogP contribution is -2.49. The first-order chi connectivity index (χ1) is 12.2. The van der Waals surface area contributed by atoms with Gasteiger partial charge in [-0.3, -0.25) is 10.3 Å². The van der Waals surface area contributed by atoms with E-state index in [1.807, 2.05) is 32.9 Å². The van der Waals surface area contributed by atoms with E-state index in [4.69, 9.17) is 22.7 Å². The molecule has 1 fully saturated rings. The summed E-state index contributed by atoms with van der Waals surface area (Å²) < 4.78 is 5.43. The van der Waals surface area contributed by atoms with Crippen LogP contribution in [0.25, 0.3) is 0 Å². The van der Waals surface area contributed by atoms with Gasteiger partial charge in [0, 0.05) is 32.7 Å². The zero-order valence-corrected chi connectivity index (χ0v) is 16.4. The first kappa shape index (κ1) is 20.1. The van der Waals surface area contributed by atoms with Crippen LogP contribution in [0.1, 0.15) is 31.9 Å². The van der Waals surface area contributed by atoms with Gasteiger partial charge in [0.25, 0.3) is 0 Å². The molecule has 3 N–H and O–H groups in total. The summed E-state index contributed by atoms with van der Waals surface area (Å²) in [7, 11) is 0. The van der Waals surface area contributed by atoms with Crippen molar-refractivity contribution in [2.24, 2.45) is 10.8 Å². The molecule has 0 spiro atoms. The summed E-state index contributed by atoms with van der Waals surface area (Å²) in [5.41, 5.74) is 9.59. The molecule has 2 rings (SSSR count). The third-order valence-electron chi connectivity index (χ3n) is 3.77. The van der Waals surface area contributed by atoms with E-state index in [1.165, 1.54) is 5.56 Å². The lowest BCUT2D eigenvalue weighted by molar-refractivity contribution is 0.0139. The highest BCUT2D eigenvalue weighted by Crippen LogP contribution is 2.14. The predicted octanol–water partition coefficient (Wildman–Crippen LogP) is 1.91. The molecule has 1 aliphatic heterocycles. The molecule has 8 heteroatoms. The number of carbonyl (C=O) groups is 1. The van der Waals surface area contributed by atoms with Crippen LogP contribution in [0.15, 0.2) is 29.4 Å². The number of amides is 1. The van der Waals surface area contributed by atoms with E-state index < -0.39 is 5.60 Å². The summed E-state index contributed by atoms with van der Waals surface area (Å²) in [6, 6.07) is 8.12. The maximum Gasteiger partial charge on any atom is 0.410 e. The average Bonchev–Trinajstić information content (AvgIpc) is 2.54. The number of hydrogen-bond donors (Lipinski definition) is 2. The molecule has 1 saturated heterocycles. The van der Waals surface area contributed by atoms with Crippen LogP contribution in [0.3, 0.4) is 0 Å². The Morgan fingerprint density at radius 1 is 1.35 bits per heavy atom. The van der Waals surface area contributed by atoms with E-state index >= 15 is 0 Å². The highest BCUT2D eigenvalue weighted by Gasteiger charge is 2.25. The number of nitrogens with zero attached hydrogens (tertiary/aromatic N) is 3. The number of carbonyl (C=O) groups excluding carboxylic acids is 1. The van der Waals surface area contributed by atoms with Crippen molar-refractivity contribution >= 4 is 29.6 Å². The standard InChI is InChI=1S/C18H27N5O2S/c1-18(2,3)25-17(24)23-9-7-22(8-10-23)13-15-6-4-5-14(11-15)12-20-21-16(19)26/h4-6,11-12H,7-10,13H2,1-3H3,(H3,19,21,26). The lowest BCUT2D eigenvalue weighted by Gasteiger charge is -2.35. The van der Waals surface area contributed by atoms with Gasteiger partial charge in [0.15, 0.2) is 5.11 Å². The summed E-state index contributed by atoms with van der Waals surface area (Å²) in [5, 5.41) is 4.11. The predicted molar refractivity (Wildman–Crippen MR) is 107 cm³/mol. The van der Waals surface area contributed by atoms with E-state index in [1.54, 1.807) is 11.1 Å². The lowest BCUT2D eigenvalue weighted by atomic mass is 10.1. The fourth-order valence-corrected chi connectivity index (χ4v) is 2.67. The first-order valence-corrected chi connectivity index (χ1v) is 9.01. The highest BCUT2D eigenvalue weighted by molar-refractivity contribution is 7.80. The molecule has 0 saturated carbocycles. The number of nitrogens with one attached hydrogen (secondary N) is 1. The van der Waals surface area contributed by atoms with E-state index in [9.17, 15) is 4.79 Å². The minimum absolute atomic E-state index is 0.139. The summed E-state index contributed by atoms with van der Waals surface area (Å²) in [6.07, 6.45) is 1.45. The minimum atomic E-state index is -0.460. The van der Waals surface area contributed by atoms with Crippen molar-refractivity contribution in [1.82, 2.24) is 15.2 Å². The van der Waals surface area contributed by atoms with Crippen molar-refractivity contribution in [3.05, 3.63) is 35.4 Å². The monoisotopic (exact) mass is 377 g/mol. The SMILES string of the molecule is CC(C)(C)OC(=O)N1CCN(Cc2cccc(C=NNC(N)=S)c2)CC1. The van der Waals surface area contributed by atoms with Gasteiger partial charge >= 0.3 is 6.09 Å². The van der Waals surface area contributed by atoms with E-state index in [0.29, 0.717) is 13.1 Å².